The van der Waals surface area contributed by atoms with Crippen LogP contribution in [0.3, 0.4) is 0 Å². The van der Waals surface area contributed by atoms with Crippen LogP contribution in [0.15, 0.2) is 46.0 Å². The maximum atomic E-state index is 5.70. The first kappa shape index (κ1) is 22.0. The minimum atomic E-state index is 0. The lowest BCUT2D eigenvalue weighted by molar-refractivity contribution is 0.215. The summed E-state index contributed by atoms with van der Waals surface area (Å²) in [7, 11) is 1.82. The van der Waals surface area contributed by atoms with Crippen LogP contribution in [0.25, 0.3) is 0 Å². The summed E-state index contributed by atoms with van der Waals surface area (Å²) < 4.78 is 11.3. The van der Waals surface area contributed by atoms with Crippen molar-refractivity contribution >= 4 is 29.9 Å². The summed E-state index contributed by atoms with van der Waals surface area (Å²) >= 11 is 0. The minimum Gasteiger partial charge on any atom is -0.493 e. The predicted octanol–water partition coefficient (Wildman–Crippen LogP) is 3.38. The number of ether oxygens (including phenoxy) is 1. The van der Waals surface area contributed by atoms with Crippen molar-refractivity contribution in [2.45, 2.75) is 31.7 Å². The summed E-state index contributed by atoms with van der Waals surface area (Å²) in [4.78, 5) is 6.87. The van der Waals surface area contributed by atoms with E-state index in [0.29, 0.717) is 0 Å². The lowest BCUT2D eigenvalue weighted by Gasteiger charge is -2.26. The van der Waals surface area contributed by atoms with Gasteiger partial charge in [0.25, 0.3) is 0 Å². The zero-order valence-corrected chi connectivity index (χ0v) is 19.4. The molecule has 158 valence electrons. The Labute approximate surface area is 190 Å². The van der Waals surface area contributed by atoms with Gasteiger partial charge in [-0.05, 0) is 61.7 Å². The number of nitrogens with zero attached hydrogens (tertiary/aromatic N) is 2. The molecule has 2 N–H and O–H groups in total. The molecule has 0 saturated carbocycles. The summed E-state index contributed by atoms with van der Waals surface area (Å²) in [6.07, 6.45) is 6.26. The van der Waals surface area contributed by atoms with Crippen molar-refractivity contribution in [3.05, 3.63) is 53.5 Å². The Hall–Kier alpha value is -1.74. The molecular weight excluding hydrogens is 479 g/mol. The standard InChI is InChI=1S/C22H30N4O2.HI/c1-23-22(24-10-8-17-6-7-20-18(15-17)9-14-28-20)25-16-19(21-5-4-13-27-21)26-11-2-3-12-26;/h4-7,13,15,19H,2-3,8-12,14,16H2,1H3,(H2,23,24,25);1H. The molecule has 0 amide bonds. The van der Waals surface area contributed by atoms with E-state index in [4.69, 9.17) is 9.15 Å². The van der Waals surface area contributed by atoms with Crippen molar-refractivity contribution in [1.82, 2.24) is 15.5 Å². The topological polar surface area (TPSA) is 62.0 Å². The van der Waals surface area contributed by atoms with Crippen LogP contribution >= 0.6 is 24.0 Å². The molecule has 2 aliphatic rings. The summed E-state index contributed by atoms with van der Waals surface area (Å²) in [5.41, 5.74) is 2.66. The van der Waals surface area contributed by atoms with E-state index in [1.54, 1.807) is 6.26 Å². The first-order valence-electron chi connectivity index (χ1n) is 10.3. The molecule has 1 unspecified atom stereocenters. The van der Waals surface area contributed by atoms with Crippen LogP contribution in [-0.4, -0.2) is 50.7 Å². The molecule has 1 aromatic heterocycles. The van der Waals surface area contributed by atoms with Crippen LogP contribution in [0.2, 0.25) is 0 Å². The second-order valence-corrected chi connectivity index (χ2v) is 7.44. The fraction of sp³-hybridized carbons (Fsp3) is 0.500. The van der Waals surface area contributed by atoms with Crippen molar-refractivity contribution in [1.29, 1.82) is 0 Å². The number of aliphatic imine (C=N–C) groups is 1. The molecular formula is C22H31IN4O2. The van der Waals surface area contributed by atoms with Crippen LogP contribution < -0.4 is 15.4 Å². The van der Waals surface area contributed by atoms with Gasteiger partial charge >= 0.3 is 0 Å². The number of hydrogen-bond acceptors (Lipinski definition) is 4. The van der Waals surface area contributed by atoms with E-state index in [-0.39, 0.29) is 30.0 Å². The lowest BCUT2D eigenvalue weighted by Crippen LogP contribution is -2.43. The zero-order valence-electron chi connectivity index (χ0n) is 17.0. The van der Waals surface area contributed by atoms with E-state index in [0.717, 1.165) is 63.1 Å². The highest BCUT2D eigenvalue weighted by molar-refractivity contribution is 14.0. The second kappa shape index (κ2) is 10.9. The van der Waals surface area contributed by atoms with Gasteiger partial charge < -0.3 is 19.8 Å². The second-order valence-electron chi connectivity index (χ2n) is 7.44. The van der Waals surface area contributed by atoms with Crippen molar-refractivity contribution < 1.29 is 9.15 Å². The van der Waals surface area contributed by atoms with E-state index in [1.165, 1.54) is 24.0 Å². The molecule has 29 heavy (non-hydrogen) atoms. The molecule has 2 aromatic rings. The molecule has 1 aromatic carbocycles. The highest BCUT2D eigenvalue weighted by Crippen LogP contribution is 2.26. The van der Waals surface area contributed by atoms with E-state index < -0.39 is 0 Å². The average molecular weight is 510 g/mol. The zero-order chi connectivity index (χ0) is 19.2. The summed E-state index contributed by atoms with van der Waals surface area (Å²) in [5.74, 6) is 2.89. The quantitative estimate of drug-likeness (QED) is 0.340. The molecule has 0 radical (unpaired) electrons. The van der Waals surface area contributed by atoms with Gasteiger partial charge in [-0.2, -0.15) is 0 Å². The van der Waals surface area contributed by atoms with Crippen LogP contribution in [0, 0.1) is 0 Å². The first-order chi connectivity index (χ1) is 13.8. The Balaban J connectivity index is 0.00000240. The molecule has 0 bridgehead atoms. The summed E-state index contributed by atoms with van der Waals surface area (Å²) in [6, 6.07) is 10.8. The van der Waals surface area contributed by atoms with Crippen LogP contribution in [0.4, 0.5) is 0 Å². The van der Waals surface area contributed by atoms with Gasteiger partial charge in [0, 0.05) is 26.6 Å². The van der Waals surface area contributed by atoms with Crippen LogP contribution in [0.1, 0.15) is 35.8 Å². The molecule has 1 fully saturated rings. The monoisotopic (exact) mass is 510 g/mol. The van der Waals surface area contributed by atoms with Crippen molar-refractivity contribution in [3.63, 3.8) is 0 Å². The molecule has 6 nitrogen and oxygen atoms in total. The number of halogens is 1. The highest BCUT2D eigenvalue weighted by atomic mass is 127. The number of guanidine groups is 1. The van der Waals surface area contributed by atoms with Crippen molar-refractivity contribution in [2.24, 2.45) is 4.99 Å². The summed E-state index contributed by atoms with van der Waals surface area (Å²) in [5, 5.41) is 6.92. The smallest absolute Gasteiger partial charge is 0.191 e. The molecule has 3 heterocycles. The number of benzene rings is 1. The van der Waals surface area contributed by atoms with Gasteiger partial charge in [0.1, 0.15) is 11.5 Å². The number of furan rings is 1. The third-order valence-electron chi connectivity index (χ3n) is 5.60. The fourth-order valence-electron chi connectivity index (χ4n) is 4.08. The number of hydrogen-bond donors (Lipinski definition) is 2. The minimum absolute atomic E-state index is 0. The fourth-order valence-corrected chi connectivity index (χ4v) is 4.08. The highest BCUT2D eigenvalue weighted by Gasteiger charge is 2.25. The Morgan fingerprint density at radius 2 is 2.07 bits per heavy atom. The normalized spacial score (nSPS) is 17.3. The van der Waals surface area contributed by atoms with Gasteiger partial charge in [-0.1, -0.05) is 12.1 Å². The Kier molecular flexibility index (Phi) is 8.23. The molecule has 7 heteroatoms. The Morgan fingerprint density at radius 1 is 1.21 bits per heavy atom. The van der Waals surface area contributed by atoms with Gasteiger partial charge in [0.2, 0.25) is 0 Å². The third kappa shape index (κ3) is 5.66. The number of rotatable bonds is 7. The first-order valence-corrected chi connectivity index (χ1v) is 10.3. The molecule has 0 spiro atoms. The van der Waals surface area contributed by atoms with E-state index in [2.05, 4.69) is 44.8 Å². The van der Waals surface area contributed by atoms with Crippen molar-refractivity contribution in [2.75, 3.05) is 39.8 Å². The average Bonchev–Trinajstić information content (AvgIpc) is 3.49. The summed E-state index contributed by atoms with van der Waals surface area (Å²) in [6.45, 7) is 4.68. The Bertz CT molecular complexity index is 788. The van der Waals surface area contributed by atoms with E-state index in [9.17, 15) is 0 Å². The molecule has 0 aliphatic carbocycles. The molecule has 4 rings (SSSR count). The van der Waals surface area contributed by atoms with Gasteiger partial charge in [-0.3, -0.25) is 9.89 Å². The van der Waals surface area contributed by atoms with Gasteiger partial charge in [0.15, 0.2) is 5.96 Å². The third-order valence-corrected chi connectivity index (χ3v) is 5.60. The van der Waals surface area contributed by atoms with E-state index >= 15 is 0 Å². The van der Waals surface area contributed by atoms with Crippen molar-refractivity contribution in [3.8, 4) is 5.75 Å². The molecule has 2 aliphatic heterocycles. The predicted molar refractivity (Wildman–Crippen MR) is 126 cm³/mol. The largest absolute Gasteiger partial charge is 0.493 e. The Morgan fingerprint density at radius 3 is 2.83 bits per heavy atom. The number of fused-ring (bicyclic) bond motifs is 1. The molecule has 1 atom stereocenters. The van der Waals surface area contributed by atoms with Gasteiger partial charge in [-0.15, -0.1) is 24.0 Å². The van der Waals surface area contributed by atoms with Crippen LogP contribution in [-0.2, 0) is 12.8 Å². The van der Waals surface area contributed by atoms with Crippen LogP contribution in [0.5, 0.6) is 5.75 Å². The lowest BCUT2D eigenvalue weighted by atomic mass is 10.1. The maximum absolute atomic E-state index is 5.70. The number of nitrogens with one attached hydrogen (secondary N) is 2. The van der Waals surface area contributed by atoms with E-state index in [1.807, 2.05) is 13.1 Å². The van der Waals surface area contributed by atoms with Gasteiger partial charge in [0.05, 0.1) is 18.9 Å². The van der Waals surface area contributed by atoms with Gasteiger partial charge in [-0.25, -0.2) is 0 Å². The maximum Gasteiger partial charge on any atom is 0.191 e. The number of likely N-dealkylation sites (tertiary alicyclic amines) is 1. The SMILES string of the molecule is CN=C(NCCc1ccc2c(c1)CCO2)NCC(c1ccco1)N1CCCC1.I. The molecule has 1 saturated heterocycles.